The average Bonchev–Trinajstić information content (AvgIpc) is 2.91. The summed E-state index contributed by atoms with van der Waals surface area (Å²) < 4.78 is 16.2. The number of urea groups is 1. The fourth-order valence-corrected chi connectivity index (χ4v) is 2.38. The van der Waals surface area contributed by atoms with E-state index in [1.165, 1.54) is 0 Å². The summed E-state index contributed by atoms with van der Waals surface area (Å²) in [6.07, 6.45) is 0.789. The van der Waals surface area contributed by atoms with Crippen LogP contribution in [0.4, 0.5) is 4.79 Å². The number of carbonyl (C=O) groups excluding carboxylic acids is 1. The van der Waals surface area contributed by atoms with Crippen molar-refractivity contribution in [1.29, 1.82) is 0 Å². The molecular formula is C15H24N2O4. The third-order valence-corrected chi connectivity index (χ3v) is 3.60. The quantitative estimate of drug-likeness (QED) is 0.903. The SMILES string of the molecule is COCC[C@@H](C)NC(=O)N1CCOC[C@H]1c1ccc(C)o1. The Morgan fingerprint density at radius 3 is 3.05 bits per heavy atom. The minimum atomic E-state index is -0.165. The van der Waals surface area contributed by atoms with Crippen LogP contribution in [0.15, 0.2) is 16.5 Å². The number of furan rings is 1. The smallest absolute Gasteiger partial charge is 0.318 e. The van der Waals surface area contributed by atoms with Crippen LogP contribution in [0, 0.1) is 6.92 Å². The van der Waals surface area contributed by atoms with Gasteiger partial charge in [0, 0.05) is 26.3 Å². The minimum absolute atomic E-state index is 0.0688. The molecule has 0 unspecified atom stereocenters. The van der Waals surface area contributed by atoms with Crippen molar-refractivity contribution in [3.8, 4) is 0 Å². The van der Waals surface area contributed by atoms with Crippen LogP contribution in [-0.4, -0.2) is 50.4 Å². The van der Waals surface area contributed by atoms with Crippen molar-refractivity contribution in [1.82, 2.24) is 10.2 Å². The van der Waals surface area contributed by atoms with Crippen LogP contribution in [0.5, 0.6) is 0 Å². The number of aryl methyl sites for hydroxylation is 1. The van der Waals surface area contributed by atoms with E-state index in [1.807, 2.05) is 26.0 Å². The van der Waals surface area contributed by atoms with Gasteiger partial charge in [0.2, 0.25) is 0 Å². The molecule has 1 aromatic heterocycles. The molecule has 1 N–H and O–H groups in total. The van der Waals surface area contributed by atoms with E-state index in [0.29, 0.717) is 26.4 Å². The van der Waals surface area contributed by atoms with E-state index in [1.54, 1.807) is 12.0 Å². The Kier molecular flexibility index (Phi) is 5.64. The molecule has 2 rings (SSSR count). The molecule has 1 aromatic rings. The van der Waals surface area contributed by atoms with Crippen molar-refractivity contribution in [2.75, 3.05) is 33.5 Å². The van der Waals surface area contributed by atoms with Crippen molar-refractivity contribution in [2.45, 2.75) is 32.4 Å². The standard InChI is InChI=1S/C15H24N2O4/c1-11(6-8-19-3)16-15(18)17-7-9-20-10-13(17)14-5-4-12(2)21-14/h4-5,11,13H,6-10H2,1-3H3,(H,16,18)/t11-,13+/m1/s1. The Morgan fingerprint density at radius 1 is 1.57 bits per heavy atom. The van der Waals surface area contributed by atoms with Gasteiger partial charge in [0.05, 0.1) is 13.2 Å². The monoisotopic (exact) mass is 296 g/mol. The van der Waals surface area contributed by atoms with Gasteiger partial charge in [-0.3, -0.25) is 0 Å². The molecule has 1 fully saturated rings. The first-order valence-corrected chi connectivity index (χ1v) is 7.32. The van der Waals surface area contributed by atoms with E-state index >= 15 is 0 Å². The van der Waals surface area contributed by atoms with Gasteiger partial charge >= 0.3 is 6.03 Å². The van der Waals surface area contributed by atoms with Crippen molar-refractivity contribution in [3.05, 3.63) is 23.7 Å². The molecule has 1 saturated heterocycles. The van der Waals surface area contributed by atoms with Crippen LogP contribution in [0.25, 0.3) is 0 Å². The Morgan fingerprint density at radius 2 is 2.38 bits per heavy atom. The number of ether oxygens (including phenoxy) is 2. The van der Waals surface area contributed by atoms with Gasteiger partial charge < -0.3 is 24.1 Å². The Hall–Kier alpha value is -1.53. The second-order valence-corrected chi connectivity index (χ2v) is 5.36. The Bertz CT molecular complexity index is 460. The molecule has 0 aliphatic carbocycles. The molecule has 1 aliphatic heterocycles. The molecule has 0 bridgehead atoms. The molecule has 0 aromatic carbocycles. The largest absolute Gasteiger partial charge is 0.464 e. The number of hydrogen-bond donors (Lipinski definition) is 1. The molecule has 6 nitrogen and oxygen atoms in total. The van der Waals surface area contributed by atoms with Gasteiger partial charge in [-0.1, -0.05) is 0 Å². The lowest BCUT2D eigenvalue weighted by Gasteiger charge is -2.35. The van der Waals surface area contributed by atoms with Crippen LogP contribution in [0.2, 0.25) is 0 Å². The number of hydrogen-bond acceptors (Lipinski definition) is 4. The molecule has 0 spiro atoms. The third-order valence-electron chi connectivity index (χ3n) is 3.60. The van der Waals surface area contributed by atoms with Crippen molar-refractivity contribution in [2.24, 2.45) is 0 Å². The summed E-state index contributed by atoms with van der Waals surface area (Å²) in [5.74, 6) is 1.61. The normalized spacial score (nSPS) is 20.3. The molecule has 1 aliphatic rings. The molecular weight excluding hydrogens is 272 g/mol. The van der Waals surface area contributed by atoms with Gasteiger partial charge in [0.15, 0.2) is 0 Å². The van der Waals surface area contributed by atoms with Crippen LogP contribution >= 0.6 is 0 Å². The highest BCUT2D eigenvalue weighted by Crippen LogP contribution is 2.25. The van der Waals surface area contributed by atoms with Gasteiger partial charge in [0.1, 0.15) is 17.6 Å². The third kappa shape index (κ3) is 4.22. The fraction of sp³-hybridized carbons (Fsp3) is 0.667. The number of amides is 2. The summed E-state index contributed by atoms with van der Waals surface area (Å²) >= 11 is 0. The van der Waals surface area contributed by atoms with Gasteiger partial charge in [-0.15, -0.1) is 0 Å². The highest BCUT2D eigenvalue weighted by atomic mass is 16.5. The molecule has 6 heteroatoms. The number of carbonyl (C=O) groups is 1. The maximum Gasteiger partial charge on any atom is 0.318 e. The molecule has 2 atom stereocenters. The number of nitrogens with one attached hydrogen (secondary N) is 1. The Labute approximate surface area is 125 Å². The van der Waals surface area contributed by atoms with Crippen LogP contribution in [0.3, 0.4) is 0 Å². The van der Waals surface area contributed by atoms with E-state index in [4.69, 9.17) is 13.9 Å². The van der Waals surface area contributed by atoms with E-state index in [0.717, 1.165) is 17.9 Å². The highest BCUT2D eigenvalue weighted by molar-refractivity contribution is 5.75. The lowest BCUT2D eigenvalue weighted by Crippen LogP contribution is -2.50. The maximum absolute atomic E-state index is 12.4. The van der Waals surface area contributed by atoms with E-state index in [9.17, 15) is 4.79 Å². The van der Waals surface area contributed by atoms with E-state index < -0.39 is 0 Å². The number of morpholine rings is 1. The molecule has 2 amide bonds. The number of rotatable bonds is 5. The molecule has 0 radical (unpaired) electrons. The summed E-state index contributed by atoms with van der Waals surface area (Å²) in [4.78, 5) is 14.2. The first-order chi connectivity index (χ1) is 10.1. The molecule has 21 heavy (non-hydrogen) atoms. The van der Waals surface area contributed by atoms with Crippen LogP contribution < -0.4 is 5.32 Å². The predicted molar refractivity (Wildman–Crippen MR) is 78.2 cm³/mol. The average molecular weight is 296 g/mol. The summed E-state index contributed by atoms with van der Waals surface area (Å²) in [5.41, 5.74) is 0. The van der Waals surface area contributed by atoms with Crippen LogP contribution in [-0.2, 0) is 9.47 Å². The van der Waals surface area contributed by atoms with Gasteiger partial charge in [-0.2, -0.15) is 0 Å². The van der Waals surface area contributed by atoms with Gasteiger partial charge in [0.25, 0.3) is 0 Å². The van der Waals surface area contributed by atoms with Gasteiger partial charge in [-0.05, 0) is 32.4 Å². The van der Waals surface area contributed by atoms with Gasteiger partial charge in [-0.25, -0.2) is 4.79 Å². The zero-order chi connectivity index (χ0) is 15.2. The molecule has 2 heterocycles. The highest BCUT2D eigenvalue weighted by Gasteiger charge is 2.31. The summed E-state index contributed by atoms with van der Waals surface area (Å²) in [5, 5.41) is 3.00. The summed E-state index contributed by atoms with van der Waals surface area (Å²) in [6, 6.07) is 3.63. The maximum atomic E-state index is 12.4. The zero-order valence-electron chi connectivity index (χ0n) is 12.9. The molecule has 0 saturated carbocycles. The number of methoxy groups -OCH3 is 1. The lowest BCUT2D eigenvalue weighted by molar-refractivity contribution is 0.00341. The van der Waals surface area contributed by atoms with E-state index in [2.05, 4.69) is 5.32 Å². The first-order valence-electron chi connectivity index (χ1n) is 7.32. The van der Waals surface area contributed by atoms with Crippen LogP contribution in [0.1, 0.15) is 30.9 Å². The Balaban J connectivity index is 1.99. The lowest BCUT2D eigenvalue weighted by atomic mass is 10.2. The summed E-state index contributed by atoms with van der Waals surface area (Å²) in [6.45, 7) is 6.08. The van der Waals surface area contributed by atoms with Crippen molar-refractivity contribution in [3.63, 3.8) is 0 Å². The second-order valence-electron chi connectivity index (χ2n) is 5.36. The van der Waals surface area contributed by atoms with Crippen molar-refractivity contribution >= 4 is 6.03 Å². The van der Waals surface area contributed by atoms with E-state index in [-0.39, 0.29) is 18.1 Å². The second kappa shape index (κ2) is 7.47. The number of nitrogens with zero attached hydrogens (tertiary/aromatic N) is 1. The first kappa shape index (κ1) is 15.9. The fourth-order valence-electron chi connectivity index (χ4n) is 2.38. The molecule has 118 valence electrons. The predicted octanol–water partition coefficient (Wildman–Crippen LogP) is 2.10. The van der Waals surface area contributed by atoms with Crippen molar-refractivity contribution < 1.29 is 18.7 Å². The topological polar surface area (TPSA) is 63.9 Å². The summed E-state index contributed by atoms with van der Waals surface area (Å²) in [7, 11) is 1.66. The zero-order valence-corrected chi connectivity index (χ0v) is 12.9. The minimum Gasteiger partial charge on any atom is -0.464 e.